The van der Waals surface area contributed by atoms with E-state index in [1.165, 1.54) is 12.1 Å². The summed E-state index contributed by atoms with van der Waals surface area (Å²) in [4.78, 5) is 28.9. The third kappa shape index (κ3) is 2.50. The normalized spacial score (nSPS) is 23.8. The average molecular weight is 428 g/mol. The number of benzene rings is 2. The van der Waals surface area contributed by atoms with Crippen LogP contribution in [0.25, 0.3) is 0 Å². The van der Waals surface area contributed by atoms with Crippen LogP contribution < -0.4 is 16.0 Å². The van der Waals surface area contributed by atoms with Crippen LogP contribution in [0.15, 0.2) is 71.2 Å². The Balaban J connectivity index is 1.89. The summed E-state index contributed by atoms with van der Waals surface area (Å²) in [5.74, 6) is -1.01. The first kappa shape index (κ1) is 20.0. The molecule has 3 N–H and O–H groups in total. The number of anilines is 2. The second kappa shape index (κ2) is 6.54. The van der Waals surface area contributed by atoms with Crippen LogP contribution in [0, 0.1) is 22.6 Å². The Kier molecular flexibility index (Phi) is 4.09. The van der Waals surface area contributed by atoms with E-state index in [0.717, 1.165) is 0 Å². The lowest BCUT2D eigenvalue weighted by molar-refractivity contribution is -0.123. The SMILES string of the molecule is CC1(C)CC(=O)C2=C(C1)N(c1ccc(F)cc1)C(N)=C(C#N)[C@]21C(=O)Nc2ccccc21. The highest BCUT2D eigenvalue weighted by Gasteiger charge is 2.61. The van der Waals surface area contributed by atoms with Crippen molar-refractivity contribution in [1.29, 1.82) is 5.26 Å². The molecule has 1 amide bonds. The third-order valence-corrected chi connectivity index (χ3v) is 6.49. The van der Waals surface area contributed by atoms with Gasteiger partial charge in [0.1, 0.15) is 23.1 Å². The maximum absolute atomic E-state index is 13.7. The summed E-state index contributed by atoms with van der Waals surface area (Å²) in [6, 6.07) is 14.9. The molecule has 0 bridgehead atoms. The van der Waals surface area contributed by atoms with Gasteiger partial charge in [0.15, 0.2) is 5.78 Å². The van der Waals surface area contributed by atoms with Crippen LogP contribution in [-0.2, 0) is 15.0 Å². The van der Waals surface area contributed by atoms with E-state index in [0.29, 0.717) is 29.1 Å². The lowest BCUT2D eigenvalue weighted by Crippen LogP contribution is -2.52. The topological polar surface area (TPSA) is 99.2 Å². The Morgan fingerprint density at radius 2 is 1.78 bits per heavy atom. The molecule has 0 fully saturated rings. The molecule has 5 rings (SSSR count). The highest BCUT2D eigenvalue weighted by Crippen LogP contribution is 2.56. The average Bonchev–Trinajstić information content (AvgIpc) is 3.01. The highest BCUT2D eigenvalue weighted by atomic mass is 19.1. The number of carbonyl (C=O) groups excluding carboxylic acids is 2. The number of nitrogens with two attached hydrogens (primary N) is 1. The largest absolute Gasteiger partial charge is 0.384 e. The molecule has 2 aromatic rings. The minimum absolute atomic E-state index is 0.00363. The zero-order chi connectivity index (χ0) is 22.8. The number of hydrogen-bond acceptors (Lipinski definition) is 5. The summed E-state index contributed by atoms with van der Waals surface area (Å²) in [6.45, 7) is 3.96. The fourth-order valence-corrected chi connectivity index (χ4v) is 5.26. The van der Waals surface area contributed by atoms with Crippen molar-refractivity contribution in [2.24, 2.45) is 11.1 Å². The summed E-state index contributed by atoms with van der Waals surface area (Å²) >= 11 is 0. The van der Waals surface area contributed by atoms with E-state index in [2.05, 4.69) is 11.4 Å². The van der Waals surface area contributed by atoms with Gasteiger partial charge in [-0.1, -0.05) is 32.0 Å². The summed E-state index contributed by atoms with van der Waals surface area (Å²) in [7, 11) is 0. The van der Waals surface area contributed by atoms with Gasteiger partial charge in [0.25, 0.3) is 0 Å². The van der Waals surface area contributed by atoms with Crippen LogP contribution in [0.2, 0.25) is 0 Å². The second-order valence-corrected chi connectivity index (χ2v) is 9.20. The van der Waals surface area contributed by atoms with Gasteiger partial charge in [0.05, 0.1) is 5.57 Å². The molecule has 2 aromatic carbocycles. The standard InChI is InChI=1S/C25H21FN4O2/c1-24(2)11-19-21(20(31)12-24)25(16-5-3-4-6-18(16)29-23(25)32)17(13-27)22(28)30(19)15-9-7-14(26)8-10-15/h3-10H,11-12,28H2,1-2H3,(H,29,32)/t25-/m0/s1. The van der Waals surface area contributed by atoms with Gasteiger partial charge in [0.2, 0.25) is 5.91 Å². The van der Waals surface area contributed by atoms with Crippen LogP contribution in [0.4, 0.5) is 15.8 Å². The van der Waals surface area contributed by atoms with Crippen molar-refractivity contribution in [3.63, 3.8) is 0 Å². The van der Waals surface area contributed by atoms with Crippen molar-refractivity contribution >= 4 is 23.1 Å². The van der Waals surface area contributed by atoms with Gasteiger partial charge >= 0.3 is 0 Å². The number of carbonyl (C=O) groups is 2. The molecular weight excluding hydrogens is 407 g/mol. The van der Waals surface area contributed by atoms with Crippen molar-refractivity contribution in [1.82, 2.24) is 0 Å². The first-order valence-electron chi connectivity index (χ1n) is 10.3. The summed E-state index contributed by atoms with van der Waals surface area (Å²) in [5, 5.41) is 13.1. The Hall–Kier alpha value is -3.92. The van der Waals surface area contributed by atoms with E-state index in [1.54, 1.807) is 41.3 Å². The number of ketones is 1. The zero-order valence-electron chi connectivity index (χ0n) is 17.7. The number of hydrogen-bond donors (Lipinski definition) is 2. The van der Waals surface area contributed by atoms with Gasteiger partial charge in [-0.15, -0.1) is 0 Å². The maximum atomic E-state index is 13.7. The number of halogens is 1. The van der Waals surface area contributed by atoms with E-state index in [-0.39, 0.29) is 34.6 Å². The molecule has 6 nitrogen and oxygen atoms in total. The number of nitriles is 1. The van der Waals surface area contributed by atoms with Gasteiger partial charge in [-0.05, 0) is 42.2 Å². The zero-order valence-corrected chi connectivity index (χ0v) is 17.7. The molecule has 0 unspecified atom stereocenters. The minimum Gasteiger partial charge on any atom is -0.384 e. The van der Waals surface area contributed by atoms with Crippen molar-refractivity contribution in [3.05, 3.63) is 82.6 Å². The lowest BCUT2D eigenvalue weighted by Gasteiger charge is -2.46. The number of nitrogens with one attached hydrogen (secondary N) is 1. The van der Waals surface area contributed by atoms with Crippen LogP contribution >= 0.6 is 0 Å². The predicted molar refractivity (Wildman–Crippen MR) is 118 cm³/mol. The lowest BCUT2D eigenvalue weighted by atomic mass is 9.61. The number of nitrogens with zero attached hydrogens (tertiary/aromatic N) is 2. The Labute approximate surface area is 184 Å². The van der Waals surface area contributed by atoms with Gasteiger partial charge in [-0.25, -0.2) is 4.39 Å². The van der Waals surface area contributed by atoms with E-state index < -0.39 is 17.1 Å². The Morgan fingerprint density at radius 1 is 1.09 bits per heavy atom. The van der Waals surface area contributed by atoms with Crippen molar-refractivity contribution in [2.45, 2.75) is 32.1 Å². The van der Waals surface area contributed by atoms with Gasteiger partial charge in [-0.2, -0.15) is 5.26 Å². The molecule has 0 saturated carbocycles. The monoisotopic (exact) mass is 428 g/mol. The maximum Gasteiger partial charge on any atom is 0.245 e. The van der Waals surface area contributed by atoms with Crippen LogP contribution in [0.5, 0.6) is 0 Å². The molecule has 2 heterocycles. The molecule has 1 spiro atoms. The first-order valence-corrected chi connectivity index (χ1v) is 10.3. The van der Waals surface area contributed by atoms with Crippen LogP contribution in [-0.4, -0.2) is 11.7 Å². The van der Waals surface area contributed by atoms with E-state index in [4.69, 9.17) is 5.73 Å². The fourth-order valence-electron chi connectivity index (χ4n) is 5.26. The molecule has 160 valence electrons. The van der Waals surface area contributed by atoms with Crippen molar-refractivity contribution in [3.8, 4) is 6.07 Å². The second-order valence-electron chi connectivity index (χ2n) is 9.20. The van der Waals surface area contributed by atoms with Crippen LogP contribution in [0.1, 0.15) is 32.3 Å². The number of Topliss-reactive ketones (excluding diaryl/α,β-unsaturated/α-hetero) is 1. The third-order valence-electron chi connectivity index (χ3n) is 6.49. The molecule has 3 aliphatic rings. The number of amides is 1. The first-order chi connectivity index (χ1) is 15.2. The van der Waals surface area contributed by atoms with Crippen LogP contribution in [0.3, 0.4) is 0 Å². The van der Waals surface area contributed by atoms with Gasteiger partial charge in [0, 0.05) is 34.6 Å². The smallest absolute Gasteiger partial charge is 0.245 e. The molecule has 7 heteroatoms. The van der Waals surface area contributed by atoms with E-state index >= 15 is 0 Å². The predicted octanol–water partition coefficient (Wildman–Crippen LogP) is 3.87. The molecule has 1 atom stereocenters. The van der Waals surface area contributed by atoms with Crippen molar-refractivity contribution < 1.29 is 14.0 Å². The summed E-state index contributed by atoms with van der Waals surface area (Å²) in [5.41, 5.74) is 7.06. The number of allylic oxidation sites excluding steroid dienone is 1. The highest BCUT2D eigenvalue weighted by molar-refractivity contribution is 6.20. The number of fused-ring (bicyclic) bond motifs is 3. The molecule has 2 aliphatic heterocycles. The Morgan fingerprint density at radius 3 is 2.47 bits per heavy atom. The molecule has 1 aliphatic carbocycles. The fraction of sp³-hybridized carbons (Fsp3) is 0.240. The van der Waals surface area contributed by atoms with Crippen molar-refractivity contribution in [2.75, 3.05) is 10.2 Å². The summed E-state index contributed by atoms with van der Waals surface area (Å²) < 4.78 is 13.6. The van der Waals surface area contributed by atoms with E-state index in [9.17, 15) is 19.2 Å². The number of para-hydroxylation sites is 1. The van der Waals surface area contributed by atoms with E-state index in [1.807, 2.05) is 13.8 Å². The minimum atomic E-state index is -1.60. The molecule has 0 saturated heterocycles. The quantitative estimate of drug-likeness (QED) is 0.718. The molecule has 0 aromatic heterocycles. The van der Waals surface area contributed by atoms with Gasteiger partial charge < -0.3 is 11.1 Å². The number of rotatable bonds is 1. The molecule has 0 radical (unpaired) electrons. The summed E-state index contributed by atoms with van der Waals surface area (Å²) in [6.07, 6.45) is 0.695. The molecular formula is C25H21FN4O2. The van der Waals surface area contributed by atoms with Gasteiger partial charge in [-0.3, -0.25) is 14.5 Å². The molecule has 32 heavy (non-hydrogen) atoms. The Bertz CT molecular complexity index is 1300.